The van der Waals surface area contributed by atoms with Crippen molar-refractivity contribution in [3.05, 3.63) is 155 Å². The average molecular weight is 659 g/mol. The van der Waals surface area contributed by atoms with E-state index in [4.69, 9.17) is 0 Å². The van der Waals surface area contributed by atoms with Crippen LogP contribution in [0.2, 0.25) is 0 Å². The summed E-state index contributed by atoms with van der Waals surface area (Å²) in [6.45, 7) is 3.43. The van der Waals surface area contributed by atoms with Crippen molar-refractivity contribution in [2.75, 3.05) is 18.4 Å². The largest absolute Gasteiger partial charge is 0.350 e. The SMILES string of the molecule is CCC(F)(F)c1ccc(-c2ccccc2C(=O)Nc2ccc(C3CCN(C(C(=O)NCc4cccnc4)c4ccccc4)CC3)cc2)cc1. The van der Waals surface area contributed by atoms with Crippen LogP contribution in [0.5, 0.6) is 0 Å². The molecule has 49 heavy (non-hydrogen) atoms. The van der Waals surface area contributed by atoms with Gasteiger partial charge in [0.1, 0.15) is 6.04 Å². The summed E-state index contributed by atoms with van der Waals surface area (Å²) in [5, 5.41) is 6.12. The van der Waals surface area contributed by atoms with E-state index in [1.165, 1.54) is 24.6 Å². The number of carbonyl (C=O) groups excluding carboxylic acids is 2. The summed E-state index contributed by atoms with van der Waals surface area (Å²) in [5.74, 6) is -2.85. The minimum atomic E-state index is -2.89. The molecule has 1 aliphatic rings. The van der Waals surface area contributed by atoms with Crippen LogP contribution in [0.3, 0.4) is 0 Å². The van der Waals surface area contributed by atoms with Gasteiger partial charge in [0.05, 0.1) is 0 Å². The van der Waals surface area contributed by atoms with Gasteiger partial charge in [-0.2, -0.15) is 0 Å². The number of hydrogen-bond acceptors (Lipinski definition) is 4. The third-order valence-corrected chi connectivity index (χ3v) is 9.32. The van der Waals surface area contributed by atoms with Gasteiger partial charge in [0.2, 0.25) is 5.91 Å². The smallest absolute Gasteiger partial charge is 0.273 e. The van der Waals surface area contributed by atoms with E-state index in [0.717, 1.165) is 37.1 Å². The summed E-state index contributed by atoms with van der Waals surface area (Å²) in [6, 6.07) is 34.6. The Morgan fingerprint density at radius 1 is 0.857 bits per heavy atom. The normalized spacial score (nSPS) is 14.6. The van der Waals surface area contributed by atoms with E-state index >= 15 is 0 Å². The number of benzene rings is 4. The van der Waals surface area contributed by atoms with Gasteiger partial charge in [-0.1, -0.05) is 97.9 Å². The Balaban J connectivity index is 1.08. The summed E-state index contributed by atoms with van der Waals surface area (Å²) in [6.07, 6.45) is 5.02. The second kappa shape index (κ2) is 15.3. The number of halogens is 2. The number of alkyl halides is 2. The number of rotatable bonds is 11. The first kappa shape index (κ1) is 33.7. The van der Waals surface area contributed by atoms with Gasteiger partial charge < -0.3 is 10.6 Å². The highest BCUT2D eigenvalue weighted by Crippen LogP contribution is 2.35. The lowest BCUT2D eigenvalue weighted by Crippen LogP contribution is -2.43. The molecular weight excluding hydrogens is 618 g/mol. The number of nitrogens with zero attached hydrogens (tertiary/aromatic N) is 2. The van der Waals surface area contributed by atoms with Gasteiger partial charge in [0, 0.05) is 42.2 Å². The molecule has 4 aromatic carbocycles. The molecule has 0 spiro atoms. The van der Waals surface area contributed by atoms with Crippen molar-refractivity contribution in [2.45, 2.75) is 50.6 Å². The van der Waals surface area contributed by atoms with Crippen molar-refractivity contribution < 1.29 is 18.4 Å². The topological polar surface area (TPSA) is 74.3 Å². The van der Waals surface area contributed by atoms with Crippen molar-refractivity contribution >= 4 is 17.5 Å². The Hall–Kier alpha value is -5.21. The number of pyridine rings is 1. The monoisotopic (exact) mass is 658 g/mol. The fourth-order valence-corrected chi connectivity index (χ4v) is 6.51. The van der Waals surface area contributed by atoms with Gasteiger partial charge in [-0.25, -0.2) is 8.78 Å². The minimum absolute atomic E-state index is 0.0229. The van der Waals surface area contributed by atoms with Gasteiger partial charge in [0.25, 0.3) is 11.8 Å². The number of piperidine rings is 1. The Morgan fingerprint density at radius 3 is 2.22 bits per heavy atom. The molecule has 1 atom stereocenters. The van der Waals surface area contributed by atoms with E-state index in [1.807, 2.05) is 66.7 Å². The van der Waals surface area contributed by atoms with Crippen molar-refractivity contribution in [1.82, 2.24) is 15.2 Å². The van der Waals surface area contributed by atoms with Crippen LogP contribution in [0.15, 0.2) is 128 Å². The van der Waals surface area contributed by atoms with Crippen LogP contribution in [-0.4, -0.2) is 34.8 Å². The first-order chi connectivity index (χ1) is 23.8. The molecule has 2 amide bonds. The van der Waals surface area contributed by atoms with E-state index in [9.17, 15) is 18.4 Å². The molecule has 0 radical (unpaired) electrons. The van der Waals surface area contributed by atoms with Crippen LogP contribution in [0.25, 0.3) is 11.1 Å². The lowest BCUT2D eigenvalue weighted by Gasteiger charge is -2.37. The van der Waals surface area contributed by atoms with Gasteiger partial charge >= 0.3 is 0 Å². The molecule has 250 valence electrons. The number of anilines is 1. The second-order valence-electron chi connectivity index (χ2n) is 12.5. The maximum atomic E-state index is 14.2. The van der Waals surface area contributed by atoms with E-state index in [0.29, 0.717) is 34.8 Å². The van der Waals surface area contributed by atoms with Crippen LogP contribution in [-0.2, 0) is 17.3 Å². The predicted octanol–water partition coefficient (Wildman–Crippen LogP) is 8.74. The summed E-state index contributed by atoms with van der Waals surface area (Å²) in [7, 11) is 0. The van der Waals surface area contributed by atoms with Crippen LogP contribution >= 0.6 is 0 Å². The maximum absolute atomic E-state index is 14.2. The number of likely N-dealkylation sites (tertiary alicyclic amines) is 1. The lowest BCUT2D eigenvalue weighted by molar-refractivity contribution is -0.127. The molecule has 1 fully saturated rings. The third-order valence-electron chi connectivity index (χ3n) is 9.32. The van der Waals surface area contributed by atoms with Gasteiger partial charge in [-0.3, -0.25) is 19.5 Å². The predicted molar refractivity (Wildman–Crippen MR) is 189 cm³/mol. The van der Waals surface area contributed by atoms with E-state index < -0.39 is 5.92 Å². The Morgan fingerprint density at radius 2 is 1.55 bits per heavy atom. The molecule has 0 saturated carbocycles. The fraction of sp³-hybridized carbons (Fsp3) is 0.244. The molecule has 1 unspecified atom stereocenters. The maximum Gasteiger partial charge on any atom is 0.273 e. The zero-order valence-electron chi connectivity index (χ0n) is 27.5. The highest BCUT2D eigenvalue weighted by atomic mass is 19.3. The van der Waals surface area contributed by atoms with E-state index in [2.05, 4.69) is 32.7 Å². The summed E-state index contributed by atoms with van der Waals surface area (Å²) in [4.78, 5) is 33.3. The molecular formula is C41H40F2N4O2. The third kappa shape index (κ3) is 8.09. The molecule has 1 aromatic heterocycles. The fourth-order valence-electron chi connectivity index (χ4n) is 6.51. The first-order valence-corrected chi connectivity index (χ1v) is 16.8. The van der Waals surface area contributed by atoms with Gasteiger partial charge in [-0.05, 0) is 83.9 Å². The Bertz CT molecular complexity index is 1840. The molecule has 6 nitrogen and oxygen atoms in total. The Labute approximate surface area is 286 Å². The van der Waals surface area contributed by atoms with Crippen molar-refractivity contribution in [1.29, 1.82) is 0 Å². The molecule has 5 aromatic rings. The highest BCUT2D eigenvalue weighted by molar-refractivity contribution is 6.08. The lowest BCUT2D eigenvalue weighted by atomic mass is 9.88. The second-order valence-corrected chi connectivity index (χ2v) is 12.5. The molecule has 0 aliphatic carbocycles. The molecule has 6 rings (SSSR count). The Kier molecular flexibility index (Phi) is 10.5. The molecule has 1 aliphatic heterocycles. The van der Waals surface area contributed by atoms with E-state index in [-0.39, 0.29) is 29.8 Å². The summed E-state index contributed by atoms with van der Waals surface area (Å²) in [5.41, 5.74) is 5.60. The number of carbonyl (C=O) groups is 2. The van der Waals surface area contributed by atoms with Crippen molar-refractivity contribution in [3.8, 4) is 11.1 Å². The molecule has 8 heteroatoms. The highest BCUT2D eigenvalue weighted by Gasteiger charge is 2.32. The van der Waals surface area contributed by atoms with Crippen molar-refractivity contribution in [2.24, 2.45) is 0 Å². The summed E-state index contributed by atoms with van der Waals surface area (Å²) >= 11 is 0. The molecule has 0 bridgehead atoms. The first-order valence-electron chi connectivity index (χ1n) is 16.8. The molecule has 2 heterocycles. The summed E-state index contributed by atoms with van der Waals surface area (Å²) < 4.78 is 28.3. The van der Waals surface area contributed by atoms with Crippen LogP contribution in [0.1, 0.15) is 70.8 Å². The number of amides is 2. The number of aromatic nitrogens is 1. The van der Waals surface area contributed by atoms with Crippen molar-refractivity contribution in [3.63, 3.8) is 0 Å². The minimum Gasteiger partial charge on any atom is -0.350 e. The zero-order chi connectivity index (χ0) is 34.2. The van der Waals surface area contributed by atoms with E-state index in [1.54, 1.807) is 36.7 Å². The number of nitrogens with one attached hydrogen (secondary N) is 2. The van der Waals surface area contributed by atoms with Crippen LogP contribution < -0.4 is 10.6 Å². The van der Waals surface area contributed by atoms with Crippen LogP contribution in [0, 0.1) is 0 Å². The van der Waals surface area contributed by atoms with Crippen LogP contribution in [0.4, 0.5) is 14.5 Å². The van der Waals surface area contributed by atoms with Gasteiger partial charge in [-0.15, -0.1) is 0 Å². The molecule has 1 saturated heterocycles. The molecule has 2 N–H and O–H groups in total. The standard InChI is InChI=1S/C41H40F2N4O2/c1-2-41(42,43)34-18-14-32(15-19-34)36-12-6-7-13-37(36)39(48)46-35-20-16-30(17-21-35)31-22-25-47(26-23-31)38(33-10-4-3-5-11-33)40(49)45-28-29-9-8-24-44-27-29/h3-21,24,27,31,38H,2,22-23,25-26,28H2,1H3,(H,45,49)(H,46,48). The zero-order valence-corrected chi connectivity index (χ0v) is 27.5. The van der Waals surface area contributed by atoms with Gasteiger partial charge in [0.15, 0.2) is 0 Å². The average Bonchev–Trinajstić information content (AvgIpc) is 3.15. The quantitative estimate of drug-likeness (QED) is 0.149. The number of hydrogen-bond donors (Lipinski definition) is 2.